The Morgan fingerprint density at radius 3 is 1.80 bits per heavy atom. The Kier molecular flexibility index (Phi) is 6.70. The van der Waals surface area contributed by atoms with Gasteiger partial charge in [-0.1, -0.05) is 140 Å². The number of para-hydroxylation sites is 2. The third kappa shape index (κ3) is 4.71. The first kappa shape index (κ1) is 31.0. The molecule has 56 heavy (non-hydrogen) atoms. The Morgan fingerprint density at radius 2 is 1.02 bits per heavy atom. The number of aromatic nitrogens is 6. The van der Waals surface area contributed by atoms with Crippen molar-refractivity contribution < 1.29 is 0 Å². The molecule has 260 valence electrons. The standard InChI is InChI=1S/C49H28N6S/c1-3-15-31(16-4-1)44-45(51-39-22-12-11-21-38(39)50-44)48-52-47(32-17-5-2-6-18-32)53-49(54-48)55-40-26-24-29-13-7-9-19-33(29)43(40)37-27-36-35-25-23-30-14-8-10-20-34(30)46(35)56-42(36)28-41(37)55/h1-28H. The van der Waals surface area contributed by atoms with Crippen LogP contribution in [0.15, 0.2) is 170 Å². The molecule has 0 amide bonds. The van der Waals surface area contributed by atoms with Crippen molar-refractivity contribution in [3.05, 3.63) is 170 Å². The summed E-state index contributed by atoms with van der Waals surface area (Å²) in [7, 11) is 0. The third-order valence-corrected chi connectivity index (χ3v) is 12.0. The number of benzene rings is 8. The van der Waals surface area contributed by atoms with Gasteiger partial charge < -0.3 is 0 Å². The second kappa shape index (κ2) is 12.1. The first-order valence-electron chi connectivity index (χ1n) is 18.6. The van der Waals surface area contributed by atoms with Gasteiger partial charge in [0.05, 0.1) is 22.1 Å². The lowest BCUT2D eigenvalue weighted by Gasteiger charge is -2.13. The Labute approximate surface area is 324 Å². The van der Waals surface area contributed by atoms with Crippen LogP contribution >= 0.6 is 11.3 Å². The highest BCUT2D eigenvalue weighted by Crippen LogP contribution is 2.44. The molecule has 7 heteroatoms. The fraction of sp³-hybridized carbons (Fsp3) is 0. The largest absolute Gasteiger partial charge is 0.278 e. The normalized spacial score (nSPS) is 11.9. The van der Waals surface area contributed by atoms with Crippen molar-refractivity contribution in [2.24, 2.45) is 0 Å². The molecule has 0 atom stereocenters. The van der Waals surface area contributed by atoms with Crippen molar-refractivity contribution in [3.8, 4) is 40.1 Å². The minimum absolute atomic E-state index is 0.455. The fourth-order valence-corrected chi connectivity index (χ4v) is 9.49. The molecular formula is C49H28N6S. The average molecular weight is 733 g/mol. The maximum atomic E-state index is 5.35. The van der Waals surface area contributed by atoms with E-state index < -0.39 is 0 Å². The van der Waals surface area contributed by atoms with Gasteiger partial charge in [-0.05, 0) is 51.9 Å². The first-order valence-corrected chi connectivity index (χ1v) is 19.4. The smallest absolute Gasteiger partial charge is 0.238 e. The van der Waals surface area contributed by atoms with Gasteiger partial charge in [0.2, 0.25) is 5.95 Å². The van der Waals surface area contributed by atoms with E-state index in [2.05, 4.69) is 102 Å². The Morgan fingerprint density at radius 1 is 0.393 bits per heavy atom. The predicted molar refractivity (Wildman–Crippen MR) is 231 cm³/mol. The highest BCUT2D eigenvalue weighted by Gasteiger charge is 2.23. The average Bonchev–Trinajstić information content (AvgIpc) is 3.80. The molecule has 0 radical (unpaired) electrons. The van der Waals surface area contributed by atoms with Gasteiger partial charge in [-0.2, -0.15) is 9.97 Å². The van der Waals surface area contributed by atoms with Gasteiger partial charge in [0.1, 0.15) is 11.4 Å². The zero-order valence-corrected chi connectivity index (χ0v) is 30.6. The molecule has 0 aliphatic heterocycles. The fourth-order valence-electron chi connectivity index (χ4n) is 8.24. The molecule has 4 heterocycles. The second-order valence-corrected chi connectivity index (χ2v) is 15.1. The Hall–Kier alpha value is -7.35. The van der Waals surface area contributed by atoms with Crippen LogP contribution in [0.4, 0.5) is 0 Å². The highest BCUT2D eigenvalue weighted by atomic mass is 32.1. The number of hydrogen-bond acceptors (Lipinski definition) is 6. The van der Waals surface area contributed by atoms with Crippen molar-refractivity contribution in [1.29, 1.82) is 0 Å². The molecule has 4 aromatic heterocycles. The molecule has 8 aromatic carbocycles. The van der Waals surface area contributed by atoms with Crippen LogP contribution < -0.4 is 0 Å². The highest BCUT2D eigenvalue weighted by molar-refractivity contribution is 7.26. The number of thiophene rings is 1. The number of nitrogens with zero attached hydrogens (tertiary/aromatic N) is 6. The summed E-state index contributed by atoms with van der Waals surface area (Å²) in [6.45, 7) is 0. The Balaban J connectivity index is 1.21. The molecule has 6 nitrogen and oxygen atoms in total. The van der Waals surface area contributed by atoms with Crippen LogP contribution in [0.5, 0.6) is 0 Å². The second-order valence-electron chi connectivity index (χ2n) is 14.1. The maximum Gasteiger partial charge on any atom is 0.238 e. The van der Waals surface area contributed by atoms with E-state index in [-0.39, 0.29) is 0 Å². The van der Waals surface area contributed by atoms with Gasteiger partial charge in [0.15, 0.2) is 11.6 Å². The van der Waals surface area contributed by atoms with Crippen molar-refractivity contribution in [3.63, 3.8) is 0 Å². The maximum absolute atomic E-state index is 5.35. The Bertz CT molecular complexity index is 3540. The molecule has 0 N–H and O–H groups in total. The van der Waals surface area contributed by atoms with Crippen LogP contribution in [0.1, 0.15) is 0 Å². The molecule has 12 aromatic rings. The van der Waals surface area contributed by atoms with Crippen LogP contribution in [0.25, 0.3) is 115 Å². The van der Waals surface area contributed by atoms with E-state index >= 15 is 0 Å². The lowest BCUT2D eigenvalue weighted by atomic mass is 10.0. The van der Waals surface area contributed by atoms with Crippen LogP contribution in [0.2, 0.25) is 0 Å². The molecule has 0 saturated carbocycles. The van der Waals surface area contributed by atoms with Gasteiger partial charge in [-0.3, -0.25) is 4.57 Å². The minimum atomic E-state index is 0.455. The van der Waals surface area contributed by atoms with Crippen LogP contribution in [-0.2, 0) is 0 Å². The van der Waals surface area contributed by atoms with Crippen LogP contribution in [0, 0.1) is 0 Å². The van der Waals surface area contributed by atoms with Crippen molar-refractivity contribution in [2.45, 2.75) is 0 Å². The molecule has 0 bridgehead atoms. The van der Waals surface area contributed by atoms with E-state index in [4.69, 9.17) is 24.9 Å². The molecule has 0 aliphatic carbocycles. The van der Waals surface area contributed by atoms with E-state index in [0.717, 1.165) is 38.6 Å². The molecule has 12 rings (SSSR count). The lowest BCUT2D eigenvalue weighted by Crippen LogP contribution is -2.08. The summed E-state index contributed by atoms with van der Waals surface area (Å²) in [5.74, 6) is 1.53. The lowest BCUT2D eigenvalue weighted by molar-refractivity contribution is 0.949. The first-order chi connectivity index (χ1) is 27.7. The van der Waals surface area contributed by atoms with Gasteiger partial charge in [0, 0.05) is 42.1 Å². The monoisotopic (exact) mass is 732 g/mol. The van der Waals surface area contributed by atoms with Gasteiger partial charge in [-0.15, -0.1) is 11.3 Å². The molecule has 0 aliphatic rings. The number of rotatable bonds is 4. The van der Waals surface area contributed by atoms with Gasteiger partial charge >= 0.3 is 0 Å². The van der Waals surface area contributed by atoms with E-state index in [1.807, 2.05) is 84.1 Å². The van der Waals surface area contributed by atoms with Gasteiger partial charge in [-0.25, -0.2) is 15.0 Å². The summed E-state index contributed by atoms with van der Waals surface area (Å²) in [6, 6.07) is 59.1. The topological polar surface area (TPSA) is 69.4 Å². The van der Waals surface area contributed by atoms with E-state index in [0.29, 0.717) is 29.0 Å². The zero-order valence-electron chi connectivity index (χ0n) is 29.8. The van der Waals surface area contributed by atoms with Crippen molar-refractivity contribution in [2.75, 3.05) is 0 Å². The van der Waals surface area contributed by atoms with Crippen LogP contribution in [-0.4, -0.2) is 29.5 Å². The summed E-state index contributed by atoms with van der Waals surface area (Å²) in [5, 5.41) is 9.71. The van der Waals surface area contributed by atoms with E-state index in [1.54, 1.807) is 0 Å². The predicted octanol–water partition coefficient (Wildman–Crippen LogP) is 12.6. The molecule has 0 saturated heterocycles. The van der Waals surface area contributed by atoms with E-state index in [1.165, 1.54) is 47.1 Å². The molecule has 0 spiro atoms. The number of hydrogen-bond donors (Lipinski definition) is 0. The summed E-state index contributed by atoms with van der Waals surface area (Å²) >= 11 is 1.84. The molecule has 0 fully saturated rings. The minimum Gasteiger partial charge on any atom is -0.278 e. The molecule has 0 unspecified atom stereocenters. The van der Waals surface area contributed by atoms with Crippen molar-refractivity contribution >= 4 is 85.9 Å². The summed E-state index contributed by atoms with van der Waals surface area (Å²) < 4.78 is 4.72. The summed E-state index contributed by atoms with van der Waals surface area (Å²) in [4.78, 5) is 26.2. The SMILES string of the molecule is c1ccc(-c2nc(-c3nc4ccccc4nc3-c3ccccc3)nc(-n3c4cc5sc6c7ccccc7ccc6c5cc4c4c5ccccc5ccc43)n2)cc1. The third-order valence-electron chi connectivity index (χ3n) is 10.8. The summed E-state index contributed by atoms with van der Waals surface area (Å²) in [6.07, 6.45) is 0. The van der Waals surface area contributed by atoms with Crippen molar-refractivity contribution in [1.82, 2.24) is 29.5 Å². The summed E-state index contributed by atoms with van der Waals surface area (Å²) in [5.41, 5.74) is 6.77. The quantitative estimate of drug-likeness (QED) is 0.180. The van der Waals surface area contributed by atoms with E-state index in [9.17, 15) is 0 Å². The zero-order chi connectivity index (χ0) is 36.7. The number of fused-ring (bicyclic) bond motifs is 11. The molecular weight excluding hydrogens is 705 g/mol. The van der Waals surface area contributed by atoms with Gasteiger partial charge in [0.25, 0.3) is 0 Å². The van der Waals surface area contributed by atoms with Crippen LogP contribution in [0.3, 0.4) is 0 Å².